The molecule has 2 nitrogen and oxygen atoms in total. The van der Waals surface area contributed by atoms with Crippen LogP contribution in [0.25, 0.3) is 0 Å². The summed E-state index contributed by atoms with van der Waals surface area (Å²) in [6.45, 7) is 9.37. The van der Waals surface area contributed by atoms with Crippen LogP contribution >= 0.6 is 41.3 Å². The van der Waals surface area contributed by atoms with Gasteiger partial charge in [0.25, 0.3) is 0 Å². The van der Waals surface area contributed by atoms with Crippen molar-refractivity contribution in [1.29, 1.82) is 0 Å². The van der Waals surface area contributed by atoms with Crippen molar-refractivity contribution in [2.24, 2.45) is 5.92 Å². The largest absolute Gasteiger partial charge is 0.370 e. The van der Waals surface area contributed by atoms with E-state index < -0.39 is 0 Å². The summed E-state index contributed by atoms with van der Waals surface area (Å²) in [7, 11) is 8.18. The van der Waals surface area contributed by atoms with Crippen LogP contribution in [0.5, 0.6) is 0 Å². The van der Waals surface area contributed by atoms with Gasteiger partial charge in [-0.3, -0.25) is 0 Å². The molecule has 1 rings (SSSR count). The van der Waals surface area contributed by atoms with Gasteiger partial charge in [-0.1, -0.05) is 42.2 Å². The zero-order chi connectivity index (χ0) is 15.1. The molecule has 1 fully saturated rings. The fourth-order valence-electron chi connectivity index (χ4n) is 2.43. The summed E-state index contributed by atoms with van der Waals surface area (Å²) in [6, 6.07) is 0. The highest BCUT2D eigenvalue weighted by molar-refractivity contribution is 8.80. The van der Waals surface area contributed by atoms with Gasteiger partial charge in [-0.05, 0) is 37.7 Å². The molecule has 0 aromatic rings. The van der Waals surface area contributed by atoms with E-state index in [1.54, 1.807) is 0 Å². The van der Waals surface area contributed by atoms with Crippen LogP contribution in [0.2, 0.25) is 0 Å². The van der Waals surface area contributed by atoms with Crippen molar-refractivity contribution in [2.75, 3.05) is 6.61 Å². The SMILES string of the molecule is C=C1C[C@H](CCCCCOP(P)P(P)P)O[C@H]1C(C)C. The van der Waals surface area contributed by atoms with Gasteiger partial charge < -0.3 is 9.26 Å². The molecule has 1 aliphatic heterocycles. The standard InChI is InChI=1S/C13H29O2P5/c1-10(2)13-11(3)9-12(15-13)7-5-4-6-8-14-19(16)20(17)18/h10,12-13H,3-9,16-18H2,1-2H3/t12-,13-,19?/m0/s1. The smallest absolute Gasteiger partial charge is 0.0810 e. The Kier molecular flexibility index (Phi) is 10.5. The van der Waals surface area contributed by atoms with E-state index in [1.807, 2.05) is 0 Å². The zero-order valence-electron chi connectivity index (χ0n) is 12.6. The summed E-state index contributed by atoms with van der Waals surface area (Å²) in [5.41, 5.74) is 1.29. The van der Waals surface area contributed by atoms with Crippen molar-refractivity contribution in [3.05, 3.63) is 12.2 Å². The maximum Gasteiger partial charge on any atom is 0.0810 e. The molecule has 0 N–H and O–H groups in total. The molecule has 0 aliphatic carbocycles. The first-order valence-corrected chi connectivity index (χ1v) is 15.4. The molecule has 0 radical (unpaired) electrons. The maximum atomic E-state index is 6.08. The predicted molar refractivity (Wildman–Crippen MR) is 105 cm³/mol. The number of hydrogen-bond acceptors (Lipinski definition) is 2. The Morgan fingerprint density at radius 3 is 2.55 bits per heavy atom. The van der Waals surface area contributed by atoms with Crippen LogP contribution in [0.1, 0.15) is 46.0 Å². The molecule has 118 valence electrons. The van der Waals surface area contributed by atoms with E-state index >= 15 is 0 Å². The minimum absolute atomic E-state index is 0.101. The van der Waals surface area contributed by atoms with E-state index in [1.165, 1.54) is 18.4 Å². The van der Waals surface area contributed by atoms with E-state index in [-0.39, 0.29) is 20.6 Å². The summed E-state index contributed by atoms with van der Waals surface area (Å²) in [5.74, 6) is 0.552. The number of hydrogen-bond donors (Lipinski definition) is 0. The lowest BCUT2D eigenvalue weighted by Crippen LogP contribution is -2.17. The third kappa shape index (κ3) is 7.38. The fourth-order valence-corrected chi connectivity index (χ4v) is 5.05. The predicted octanol–water partition coefficient (Wildman–Crippen LogP) is 6.10. The van der Waals surface area contributed by atoms with Crippen LogP contribution in [0.3, 0.4) is 0 Å². The van der Waals surface area contributed by atoms with E-state index in [4.69, 9.17) is 9.26 Å². The van der Waals surface area contributed by atoms with Crippen LogP contribution < -0.4 is 0 Å². The van der Waals surface area contributed by atoms with E-state index in [0.717, 1.165) is 25.9 Å². The van der Waals surface area contributed by atoms with Crippen molar-refractivity contribution in [2.45, 2.75) is 58.2 Å². The van der Waals surface area contributed by atoms with Gasteiger partial charge >= 0.3 is 0 Å². The fraction of sp³-hybridized carbons (Fsp3) is 0.846. The first-order chi connectivity index (χ1) is 9.41. The lowest BCUT2D eigenvalue weighted by Gasteiger charge is -2.17. The summed E-state index contributed by atoms with van der Waals surface area (Å²) in [5, 5.41) is 0. The van der Waals surface area contributed by atoms with E-state index in [9.17, 15) is 0 Å². The summed E-state index contributed by atoms with van der Waals surface area (Å²) < 4.78 is 11.9. The van der Waals surface area contributed by atoms with Crippen LogP contribution in [0, 0.1) is 5.92 Å². The van der Waals surface area contributed by atoms with Gasteiger partial charge in [-0.25, -0.2) is 0 Å². The zero-order valence-corrected chi connectivity index (χ0v) is 17.9. The molecular formula is C13H29O2P5. The normalized spacial score (nSPS) is 24.9. The Hall–Kier alpha value is 1.81. The summed E-state index contributed by atoms with van der Waals surface area (Å²) in [4.78, 5) is 0. The maximum absolute atomic E-state index is 6.08. The topological polar surface area (TPSA) is 18.5 Å². The molecule has 20 heavy (non-hydrogen) atoms. The van der Waals surface area contributed by atoms with Crippen LogP contribution in [-0.2, 0) is 9.26 Å². The lowest BCUT2D eigenvalue weighted by molar-refractivity contribution is 0.0230. The Balaban J connectivity index is 2.04. The Morgan fingerprint density at radius 1 is 1.30 bits per heavy atom. The first kappa shape index (κ1) is 19.9. The lowest BCUT2D eigenvalue weighted by atomic mass is 9.98. The minimum Gasteiger partial charge on any atom is -0.370 e. The van der Waals surface area contributed by atoms with Gasteiger partial charge in [0.05, 0.1) is 26.3 Å². The van der Waals surface area contributed by atoms with Gasteiger partial charge in [0, 0.05) is 0 Å². The second-order valence-electron chi connectivity index (χ2n) is 5.65. The molecule has 1 heterocycles. The third-order valence-electron chi connectivity index (χ3n) is 3.46. The number of ether oxygens (including phenoxy) is 1. The van der Waals surface area contributed by atoms with Crippen molar-refractivity contribution in [3.8, 4) is 0 Å². The molecule has 1 saturated heterocycles. The number of unbranched alkanes of at least 4 members (excludes halogenated alkanes) is 2. The van der Waals surface area contributed by atoms with Gasteiger partial charge in [0.2, 0.25) is 0 Å². The summed E-state index contributed by atoms with van der Waals surface area (Å²) in [6.07, 6.45) is 6.54. The molecule has 0 spiro atoms. The summed E-state index contributed by atoms with van der Waals surface area (Å²) >= 11 is 0. The minimum atomic E-state index is -0.317. The molecule has 4 unspecified atom stereocenters. The second-order valence-corrected chi connectivity index (χ2v) is 20.3. The molecule has 0 saturated carbocycles. The third-order valence-corrected chi connectivity index (χ3v) is 17.8. The molecule has 7 heteroatoms. The van der Waals surface area contributed by atoms with Gasteiger partial charge in [0.15, 0.2) is 0 Å². The highest BCUT2D eigenvalue weighted by atomic mass is 32.8. The first-order valence-electron chi connectivity index (χ1n) is 7.22. The molecule has 1 aliphatic rings. The van der Waals surface area contributed by atoms with Crippen molar-refractivity contribution in [3.63, 3.8) is 0 Å². The highest BCUT2D eigenvalue weighted by Gasteiger charge is 2.30. The molecule has 0 aromatic heterocycles. The monoisotopic (exact) mass is 372 g/mol. The van der Waals surface area contributed by atoms with Crippen molar-refractivity contribution < 1.29 is 9.26 Å². The molecule has 0 aromatic carbocycles. The molecular weight excluding hydrogens is 343 g/mol. The van der Waals surface area contributed by atoms with Crippen molar-refractivity contribution in [1.82, 2.24) is 0 Å². The van der Waals surface area contributed by atoms with Gasteiger partial charge in [-0.15, -0.1) is 17.9 Å². The molecule has 0 amide bonds. The second kappa shape index (κ2) is 10.6. The van der Waals surface area contributed by atoms with E-state index in [2.05, 4.69) is 47.2 Å². The number of rotatable bonds is 9. The Bertz CT molecular complexity index is 298. The van der Waals surface area contributed by atoms with Gasteiger partial charge in [0.1, 0.15) is 0 Å². The van der Waals surface area contributed by atoms with Crippen LogP contribution in [-0.4, -0.2) is 18.8 Å². The highest BCUT2D eigenvalue weighted by Crippen LogP contribution is 2.83. The van der Waals surface area contributed by atoms with Crippen LogP contribution in [0.15, 0.2) is 12.2 Å². The van der Waals surface area contributed by atoms with Crippen LogP contribution in [0.4, 0.5) is 0 Å². The Labute approximate surface area is 133 Å². The van der Waals surface area contributed by atoms with Crippen molar-refractivity contribution >= 4 is 41.3 Å². The quantitative estimate of drug-likeness (QED) is 0.277. The van der Waals surface area contributed by atoms with Gasteiger partial charge in [-0.2, -0.15) is 0 Å². The molecule has 0 bridgehead atoms. The molecule has 6 atom stereocenters. The average Bonchev–Trinajstić information content (AvgIpc) is 2.74. The Morgan fingerprint density at radius 2 is 2.00 bits per heavy atom. The average molecular weight is 372 g/mol. The van der Waals surface area contributed by atoms with E-state index in [0.29, 0.717) is 12.0 Å².